The second kappa shape index (κ2) is 6.93. The highest BCUT2D eigenvalue weighted by molar-refractivity contribution is 7.12. The van der Waals surface area contributed by atoms with Crippen LogP contribution in [0.25, 0.3) is 16.2 Å². The van der Waals surface area contributed by atoms with Crippen molar-refractivity contribution in [3.05, 3.63) is 45.4 Å². The average molecular weight is 405 g/mol. The van der Waals surface area contributed by atoms with Crippen LogP contribution in [-0.4, -0.2) is 58.0 Å². The van der Waals surface area contributed by atoms with Crippen LogP contribution in [0.4, 0.5) is 10.2 Å². The third kappa shape index (κ3) is 2.93. The molecular weight excluding hydrogens is 389 g/mol. The zero-order valence-electron chi connectivity index (χ0n) is 14.7. The van der Waals surface area contributed by atoms with Gasteiger partial charge in [-0.2, -0.15) is 0 Å². The Morgan fingerprint density at radius 2 is 2.25 bits per heavy atom. The molecule has 3 aromatic rings. The van der Waals surface area contributed by atoms with Crippen LogP contribution in [0, 0.1) is 5.82 Å². The molecule has 3 N–H and O–H groups in total. The Balaban J connectivity index is 1.96. The summed E-state index contributed by atoms with van der Waals surface area (Å²) in [4.78, 5) is 34.2. The van der Waals surface area contributed by atoms with Crippen molar-refractivity contribution < 1.29 is 19.0 Å². The summed E-state index contributed by atoms with van der Waals surface area (Å²) in [5, 5.41) is 11.3. The normalized spacial score (nSPS) is 19.5. The molecular formula is C17H16FN5O4S. The van der Waals surface area contributed by atoms with E-state index in [0.717, 1.165) is 12.3 Å². The molecule has 11 heteroatoms. The second-order valence-corrected chi connectivity index (χ2v) is 7.24. The predicted molar refractivity (Wildman–Crippen MR) is 101 cm³/mol. The predicted octanol–water partition coefficient (Wildman–Crippen LogP) is 0.842. The molecule has 4 heterocycles. The second-order valence-electron chi connectivity index (χ2n) is 6.37. The maximum Gasteiger partial charge on any atom is 0.341 e. The van der Waals surface area contributed by atoms with E-state index in [-0.39, 0.29) is 29.0 Å². The van der Waals surface area contributed by atoms with Crippen molar-refractivity contribution in [3.63, 3.8) is 0 Å². The van der Waals surface area contributed by atoms with Gasteiger partial charge >= 0.3 is 5.97 Å². The van der Waals surface area contributed by atoms with Gasteiger partial charge in [0.15, 0.2) is 22.4 Å². The number of nitrogens with zero attached hydrogens (tertiary/aromatic N) is 4. The van der Waals surface area contributed by atoms with Crippen LogP contribution in [0.15, 0.2) is 28.6 Å². The Hall–Kier alpha value is -2.89. The maximum absolute atomic E-state index is 14.8. The van der Waals surface area contributed by atoms with E-state index in [1.165, 1.54) is 29.2 Å². The first-order valence-corrected chi connectivity index (χ1v) is 9.21. The SMILES string of the molecule is CO[C@H]1CN(c2nc3c(cc2F)c(=O)c(C(=O)O)cn3-c2nccs2)C[C@@H]1N. The van der Waals surface area contributed by atoms with Crippen molar-refractivity contribution in [1.29, 1.82) is 0 Å². The third-order valence-corrected chi connectivity index (χ3v) is 5.45. The largest absolute Gasteiger partial charge is 0.477 e. The van der Waals surface area contributed by atoms with E-state index in [0.29, 0.717) is 18.2 Å². The number of hydrogen-bond donors (Lipinski definition) is 2. The topological polar surface area (TPSA) is 124 Å². The van der Waals surface area contributed by atoms with Crippen LogP contribution in [0.1, 0.15) is 10.4 Å². The summed E-state index contributed by atoms with van der Waals surface area (Å²) in [6.45, 7) is 0.685. The van der Waals surface area contributed by atoms with E-state index in [4.69, 9.17) is 10.5 Å². The van der Waals surface area contributed by atoms with E-state index >= 15 is 0 Å². The Labute approximate surface area is 161 Å². The number of fused-ring (bicyclic) bond motifs is 1. The number of carbonyl (C=O) groups is 1. The quantitative estimate of drug-likeness (QED) is 0.655. The van der Waals surface area contributed by atoms with Gasteiger partial charge in [0.1, 0.15) is 5.56 Å². The minimum absolute atomic E-state index is 0.0234. The maximum atomic E-state index is 14.8. The number of thiazole rings is 1. The number of hydrogen-bond acceptors (Lipinski definition) is 8. The monoisotopic (exact) mass is 405 g/mol. The smallest absolute Gasteiger partial charge is 0.341 e. The number of anilines is 1. The summed E-state index contributed by atoms with van der Waals surface area (Å²) >= 11 is 1.23. The number of nitrogens with two attached hydrogens (primary N) is 1. The summed E-state index contributed by atoms with van der Waals surface area (Å²) in [6, 6.07) is 0.708. The van der Waals surface area contributed by atoms with Crippen LogP contribution in [0.5, 0.6) is 0 Å². The number of pyridine rings is 2. The number of carboxylic acid groups (broad SMARTS) is 1. The summed E-state index contributed by atoms with van der Waals surface area (Å²) in [5.74, 6) is -2.12. The molecule has 0 saturated carbocycles. The molecule has 1 aliphatic rings. The molecule has 0 aromatic carbocycles. The Kier molecular flexibility index (Phi) is 4.57. The standard InChI is InChI=1S/C17H16FN5O4S/c1-27-12-7-22(6-11(12)19)15-10(18)4-8-13(24)9(16(25)26)5-23(14(8)21-15)17-20-2-3-28-17/h2-5,11-12H,6-7,19H2,1H3,(H,25,26)/t11-,12-/m0/s1. The van der Waals surface area contributed by atoms with Crippen molar-refractivity contribution >= 4 is 34.2 Å². The Morgan fingerprint density at radius 1 is 1.46 bits per heavy atom. The lowest BCUT2D eigenvalue weighted by atomic mass is 10.2. The molecule has 9 nitrogen and oxygen atoms in total. The fourth-order valence-corrected chi connectivity index (χ4v) is 3.91. The molecule has 0 aliphatic carbocycles. The first kappa shape index (κ1) is 18.5. The van der Waals surface area contributed by atoms with Gasteiger partial charge in [-0.05, 0) is 6.07 Å². The van der Waals surface area contributed by atoms with Crippen LogP contribution in [0.2, 0.25) is 0 Å². The van der Waals surface area contributed by atoms with Crippen molar-refractivity contribution in [2.75, 3.05) is 25.1 Å². The number of halogens is 1. The highest BCUT2D eigenvalue weighted by Crippen LogP contribution is 2.27. The lowest BCUT2D eigenvalue weighted by Crippen LogP contribution is -2.34. The van der Waals surface area contributed by atoms with Crippen LogP contribution in [-0.2, 0) is 4.74 Å². The Morgan fingerprint density at radius 3 is 2.86 bits per heavy atom. The molecule has 1 aliphatic heterocycles. The zero-order valence-corrected chi connectivity index (χ0v) is 15.5. The van der Waals surface area contributed by atoms with Crippen LogP contribution < -0.4 is 16.1 Å². The summed E-state index contributed by atoms with van der Waals surface area (Å²) in [7, 11) is 1.53. The van der Waals surface area contributed by atoms with Gasteiger partial charge in [0, 0.05) is 38.0 Å². The fourth-order valence-electron chi connectivity index (χ4n) is 3.29. The lowest BCUT2D eigenvalue weighted by molar-refractivity contribution is 0.0695. The number of ether oxygens (including phenoxy) is 1. The van der Waals surface area contributed by atoms with E-state index in [1.807, 2.05) is 0 Å². The van der Waals surface area contributed by atoms with Crippen LogP contribution >= 0.6 is 11.3 Å². The zero-order chi connectivity index (χ0) is 20.0. The van der Waals surface area contributed by atoms with Crippen LogP contribution in [0.3, 0.4) is 0 Å². The molecule has 0 unspecified atom stereocenters. The number of rotatable bonds is 4. The van der Waals surface area contributed by atoms with Gasteiger partial charge in [0.25, 0.3) is 0 Å². The van der Waals surface area contributed by atoms with Gasteiger partial charge in [0.2, 0.25) is 5.43 Å². The highest BCUT2D eigenvalue weighted by atomic mass is 32.1. The Bertz CT molecular complexity index is 1120. The molecule has 1 fully saturated rings. The first-order chi connectivity index (χ1) is 13.4. The van der Waals surface area contributed by atoms with Crippen molar-refractivity contribution in [3.8, 4) is 5.13 Å². The molecule has 0 amide bonds. The van der Waals surface area contributed by atoms with Crippen molar-refractivity contribution in [1.82, 2.24) is 14.5 Å². The first-order valence-electron chi connectivity index (χ1n) is 8.33. The molecule has 0 radical (unpaired) electrons. The van der Waals surface area contributed by atoms with Gasteiger partial charge in [-0.3, -0.25) is 9.36 Å². The molecule has 146 valence electrons. The van der Waals surface area contributed by atoms with Gasteiger partial charge in [-0.1, -0.05) is 0 Å². The van der Waals surface area contributed by atoms with Crippen molar-refractivity contribution in [2.45, 2.75) is 12.1 Å². The van der Waals surface area contributed by atoms with Gasteiger partial charge < -0.3 is 20.5 Å². The number of carboxylic acids is 1. The average Bonchev–Trinajstić information content (AvgIpc) is 3.31. The van der Waals surface area contributed by atoms with Crippen molar-refractivity contribution in [2.24, 2.45) is 5.73 Å². The minimum atomic E-state index is -1.41. The van der Waals surface area contributed by atoms with Gasteiger partial charge in [-0.25, -0.2) is 19.2 Å². The molecule has 0 spiro atoms. The molecule has 0 bridgehead atoms. The molecule has 2 atom stereocenters. The van der Waals surface area contributed by atoms with Gasteiger partial charge in [0.05, 0.1) is 17.5 Å². The highest BCUT2D eigenvalue weighted by Gasteiger charge is 2.33. The van der Waals surface area contributed by atoms with E-state index < -0.39 is 22.8 Å². The van der Waals surface area contributed by atoms with E-state index in [9.17, 15) is 19.1 Å². The summed E-state index contributed by atoms with van der Waals surface area (Å²) < 4.78 is 21.5. The molecule has 28 heavy (non-hydrogen) atoms. The summed E-state index contributed by atoms with van der Waals surface area (Å²) in [6.07, 6.45) is 2.43. The van der Waals surface area contributed by atoms with E-state index in [1.54, 1.807) is 10.3 Å². The molecule has 1 saturated heterocycles. The number of aromatic carboxylic acids is 1. The van der Waals surface area contributed by atoms with Gasteiger partial charge in [-0.15, -0.1) is 11.3 Å². The number of methoxy groups -OCH3 is 1. The van der Waals surface area contributed by atoms with E-state index in [2.05, 4.69) is 9.97 Å². The molecule has 3 aromatic heterocycles. The lowest BCUT2D eigenvalue weighted by Gasteiger charge is -2.19. The fraction of sp³-hybridized carbons (Fsp3) is 0.294. The third-order valence-electron chi connectivity index (χ3n) is 4.68. The number of aromatic nitrogens is 3. The molecule has 4 rings (SSSR count). The summed E-state index contributed by atoms with van der Waals surface area (Å²) in [5.41, 5.74) is 4.85. The minimum Gasteiger partial charge on any atom is -0.477 e.